The summed E-state index contributed by atoms with van der Waals surface area (Å²) < 4.78 is 13.1. The molecule has 0 bridgehead atoms. The number of nitrogens with zero attached hydrogens (tertiary/aromatic N) is 1. The molecule has 0 spiro atoms. The molecule has 1 rings (SSSR count). The van der Waals surface area contributed by atoms with Gasteiger partial charge in [0.25, 0.3) is 0 Å². The first-order chi connectivity index (χ1) is 6.51. The molecule has 14 heavy (non-hydrogen) atoms. The Labute approximate surface area is 87.9 Å². The van der Waals surface area contributed by atoms with Crippen molar-refractivity contribution in [3.63, 3.8) is 0 Å². The molecule has 0 saturated carbocycles. The highest BCUT2D eigenvalue weighted by molar-refractivity contribution is 7.99. The lowest BCUT2D eigenvalue weighted by molar-refractivity contribution is 0.253. The first-order valence-electron chi connectivity index (χ1n) is 4.33. The van der Waals surface area contributed by atoms with Gasteiger partial charge in [0.1, 0.15) is 5.67 Å². The highest BCUT2D eigenvalue weighted by atomic mass is 32.2. The predicted molar refractivity (Wildman–Crippen MR) is 57.1 cm³/mol. The summed E-state index contributed by atoms with van der Waals surface area (Å²) in [5.74, 6) is 0.429. The van der Waals surface area contributed by atoms with Crippen LogP contribution in [-0.4, -0.2) is 11.4 Å². The van der Waals surface area contributed by atoms with Crippen molar-refractivity contribution in [3.05, 3.63) is 29.8 Å². The Balaban J connectivity index is 2.58. The zero-order chi connectivity index (χ0) is 10.6. The molecule has 74 valence electrons. The van der Waals surface area contributed by atoms with Crippen molar-refractivity contribution < 1.29 is 4.39 Å². The molecule has 0 N–H and O–H groups in total. The maximum absolute atomic E-state index is 13.1. The van der Waals surface area contributed by atoms with E-state index in [1.165, 1.54) is 11.8 Å². The molecular formula is C11H12FNS. The number of halogens is 1. The van der Waals surface area contributed by atoms with Crippen LogP contribution in [0.2, 0.25) is 0 Å². The molecule has 0 amide bonds. The van der Waals surface area contributed by atoms with Crippen LogP contribution in [0.15, 0.2) is 29.2 Å². The van der Waals surface area contributed by atoms with Crippen molar-refractivity contribution in [3.8, 4) is 6.07 Å². The number of rotatable bonds is 3. The van der Waals surface area contributed by atoms with Crippen molar-refractivity contribution in [2.45, 2.75) is 24.4 Å². The quantitative estimate of drug-likeness (QED) is 0.712. The Morgan fingerprint density at radius 1 is 1.36 bits per heavy atom. The van der Waals surface area contributed by atoms with E-state index in [2.05, 4.69) is 0 Å². The number of nitriles is 1. The Hall–Kier alpha value is -1.01. The lowest BCUT2D eigenvalue weighted by Gasteiger charge is -2.12. The standard InChI is InChI=1S/C11H12FNS/c1-11(2,12)8-14-10-5-3-9(7-13)4-6-10/h3-6H,8H2,1-2H3. The van der Waals surface area contributed by atoms with Gasteiger partial charge in [-0.3, -0.25) is 0 Å². The average molecular weight is 209 g/mol. The summed E-state index contributed by atoms with van der Waals surface area (Å²) in [5, 5.41) is 8.57. The summed E-state index contributed by atoms with van der Waals surface area (Å²) >= 11 is 1.46. The molecule has 3 heteroatoms. The van der Waals surface area contributed by atoms with E-state index in [0.717, 1.165) is 4.90 Å². The van der Waals surface area contributed by atoms with Crippen LogP contribution in [0, 0.1) is 11.3 Å². The summed E-state index contributed by atoms with van der Waals surface area (Å²) in [6.45, 7) is 3.12. The molecule has 0 aliphatic carbocycles. The maximum Gasteiger partial charge on any atom is 0.114 e. The Morgan fingerprint density at radius 2 is 1.93 bits per heavy atom. The van der Waals surface area contributed by atoms with Gasteiger partial charge >= 0.3 is 0 Å². The lowest BCUT2D eigenvalue weighted by Crippen LogP contribution is -2.14. The van der Waals surface area contributed by atoms with Gasteiger partial charge in [0.15, 0.2) is 0 Å². The highest BCUT2D eigenvalue weighted by Gasteiger charge is 2.15. The molecule has 0 heterocycles. The Kier molecular flexibility index (Phi) is 3.54. The van der Waals surface area contributed by atoms with Crippen molar-refractivity contribution in [2.24, 2.45) is 0 Å². The summed E-state index contributed by atoms with van der Waals surface area (Å²) in [7, 11) is 0. The molecular weight excluding hydrogens is 197 g/mol. The van der Waals surface area contributed by atoms with Crippen LogP contribution >= 0.6 is 11.8 Å². The zero-order valence-corrected chi connectivity index (χ0v) is 9.07. The van der Waals surface area contributed by atoms with Crippen molar-refractivity contribution in [2.75, 3.05) is 5.75 Å². The Morgan fingerprint density at radius 3 is 2.36 bits per heavy atom. The SMILES string of the molecule is CC(C)(F)CSc1ccc(C#N)cc1. The van der Waals surface area contributed by atoms with Crippen LogP contribution in [0.3, 0.4) is 0 Å². The minimum Gasteiger partial charge on any atom is -0.244 e. The summed E-state index contributed by atoms with van der Waals surface area (Å²) in [5.41, 5.74) is -0.521. The summed E-state index contributed by atoms with van der Waals surface area (Å²) in [6.07, 6.45) is 0. The van der Waals surface area contributed by atoms with E-state index in [1.54, 1.807) is 26.0 Å². The van der Waals surface area contributed by atoms with E-state index in [1.807, 2.05) is 18.2 Å². The molecule has 1 aromatic rings. The molecule has 1 aromatic carbocycles. The second-order valence-electron chi connectivity index (χ2n) is 3.64. The number of benzene rings is 1. The molecule has 0 fully saturated rings. The number of hydrogen-bond donors (Lipinski definition) is 0. The minimum absolute atomic E-state index is 0.429. The minimum atomic E-state index is -1.15. The van der Waals surface area contributed by atoms with Gasteiger partial charge in [-0.2, -0.15) is 5.26 Å². The van der Waals surface area contributed by atoms with Gasteiger partial charge in [-0.1, -0.05) is 0 Å². The first kappa shape index (κ1) is 11.1. The van der Waals surface area contributed by atoms with Gasteiger partial charge in [-0.15, -0.1) is 11.8 Å². The summed E-state index contributed by atoms with van der Waals surface area (Å²) in [6, 6.07) is 9.21. The van der Waals surface area contributed by atoms with Crippen LogP contribution in [0.5, 0.6) is 0 Å². The fourth-order valence-corrected chi connectivity index (χ4v) is 1.72. The van der Waals surface area contributed by atoms with Crippen LogP contribution < -0.4 is 0 Å². The van der Waals surface area contributed by atoms with Gasteiger partial charge in [0, 0.05) is 10.6 Å². The van der Waals surface area contributed by atoms with Gasteiger partial charge in [-0.25, -0.2) is 4.39 Å². The predicted octanol–water partition coefficient (Wildman–Crippen LogP) is 3.40. The molecule has 0 aliphatic rings. The smallest absolute Gasteiger partial charge is 0.114 e. The zero-order valence-electron chi connectivity index (χ0n) is 8.25. The molecule has 0 atom stereocenters. The van der Waals surface area contributed by atoms with Crippen molar-refractivity contribution >= 4 is 11.8 Å². The molecule has 1 nitrogen and oxygen atoms in total. The summed E-state index contributed by atoms with van der Waals surface area (Å²) in [4.78, 5) is 0.995. The topological polar surface area (TPSA) is 23.8 Å². The molecule has 0 unspecified atom stereocenters. The van der Waals surface area contributed by atoms with E-state index >= 15 is 0 Å². The van der Waals surface area contributed by atoms with Gasteiger partial charge in [0.2, 0.25) is 0 Å². The second kappa shape index (κ2) is 4.47. The van der Waals surface area contributed by atoms with Gasteiger partial charge in [0.05, 0.1) is 11.6 Å². The monoisotopic (exact) mass is 209 g/mol. The van der Waals surface area contributed by atoms with Crippen LogP contribution in [0.25, 0.3) is 0 Å². The number of thioether (sulfide) groups is 1. The van der Waals surface area contributed by atoms with Gasteiger partial charge < -0.3 is 0 Å². The average Bonchev–Trinajstić information content (AvgIpc) is 2.14. The van der Waals surface area contributed by atoms with Crippen molar-refractivity contribution in [1.29, 1.82) is 5.26 Å². The van der Waals surface area contributed by atoms with E-state index in [4.69, 9.17) is 5.26 Å². The van der Waals surface area contributed by atoms with Gasteiger partial charge in [-0.05, 0) is 38.1 Å². The number of hydrogen-bond acceptors (Lipinski definition) is 2. The maximum atomic E-state index is 13.1. The second-order valence-corrected chi connectivity index (χ2v) is 4.69. The van der Waals surface area contributed by atoms with E-state index in [9.17, 15) is 4.39 Å². The van der Waals surface area contributed by atoms with E-state index < -0.39 is 5.67 Å². The van der Waals surface area contributed by atoms with E-state index in [-0.39, 0.29) is 0 Å². The van der Waals surface area contributed by atoms with Crippen LogP contribution in [0.1, 0.15) is 19.4 Å². The third-order valence-electron chi connectivity index (χ3n) is 1.57. The third-order valence-corrected chi connectivity index (χ3v) is 3.00. The van der Waals surface area contributed by atoms with Crippen LogP contribution in [-0.2, 0) is 0 Å². The van der Waals surface area contributed by atoms with Crippen molar-refractivity contribution in [1.82, 2.24) is 0 Å². The van der Waals surface area contributed by atoms with E-state index in [0.29, 0.717) is 11.3 Å². The third kappa shape index (κ3) is 3.80. The van der Waals surface area contributed by atoms with Crippen LogP contribution in [0.4, 0.5) is 4.39 Å². The lowest BCUT2D eigenvalue weighted by atomic mass is 10.2. The number of alkyl halides is 1. The molecule has 0 saturated heterocycles. The first-order valence-corrected chi connectivity index (χ1v) is 5.32. The molecule has 0 radical (unpaired) electrons. The fraction of sp³-hybridized carbons (Fsp3) is 0.364. The molecule has 0 aliphatic heterocycles. The molecule has 0 aromatic heterocycles. The normalized spacial score (nSPS) is 11.0. The largest absolute Gasteiger partial charge is 0.244 e. The Bertz CT molecular complexity index is 332. The highest BCUT2D eigenvalue weighted by Crippen LogP contribution is 2.24. The fourth-order valence-electron chi connectivity index (χ4n) is 0.881.